The van der Waals surface area contributed by atoms with Crippen molar-refractivity contribution in [3.63, 3.8) is 0 Å². The molecule has 154 valence electrons. The van der Waals surface area contributed by atoms with Crippen LogP contribution >= 0.6 is 0 Å². The molecule has 3 aromatic rings. The van der Waals surface area contributed by atoms with Crippen molar-refractivity contribution in [2.75, 3.05) is 13.2 Å². The average Bonchev–Trinajstić information content (AvgIpc) is 3.17. The summed E-state index contributed by atoms with van der Waals surface area (Å²) in [5, 5.41) is 14.9. The summed E-state index contributed by atoms with van der Waals surface area (Å²) in [5.74, 6) is -1.64. The molecule has 0 fully saturated rings. The summed E-state index contributed by atoms with van der Waals surface area (Å²) in [6.45, 7) is 1.32. The summed E-state index contributed by atoms with van der Waals surface area (Å²) in [5.41, 5.74) is 0.433. The average molecular weight is 413 g/mol. The minimum Gasteiger partial charge on any atom is -0.481 e. The number of hydrogen-bond acceptors (Lipinski definition) is 7. The van der Waals surface area contributed by atoms with Gasteiger partial charge in [-0.3, -0.25) is 14.9 Å². The molecule has 0 bridgehead atoms. The third-order valence-electron chi connectivity index (χ3n) is 4.00. The molecular weight excluding hydrogens is 397 g/mol. The first-order valence-corrected chi connectivity index (χ1v) is 8.82. The molecule has 0 N–H and O–H groups in total. The van der Waals surface area contributed by atoms with Gasteiger partial charge in [-0.05, 0) is 43.3 Å². The molecule has 0 spiro atoms. The van der Waals surface area contributed by atoms with Crippen LogP contribution in [0.1, 0.15) is 27.8 Å². The molecule has 3 rings (SSSR count). The van der Waals surface area contributed by atoms with Crippen LogP contribution in [0.3, 0.4) is 0 Å². The summed E-state index contributed by atoms with van der Waals surface area (Å²) < 4.78 is 24.7. The van der Waals surface area contributed by atoms with Crippen molar-refractivity contribution in [3.05, 3.63) is 81.9 Å². The number of hydrogen-bond donors (Lipinski definition) is 0. The van der Waals surface area contributed by atoms with Crippen LogP contribution in [0.5, 0.6) is 5.75 Å². The second kappa shape index (κ2) is 8.95. The monoisotopic (exact) mass is 413 g/mol. The molecule has 0 saturated carbocycles. The number of nitro groups is 1. The first-order valence-electron chi connectivity index (χ1n) is 8.82. The molecule has 0 radical (unpaired) electrons. The maximum atomic E-state index is 13.0. The zero-order chi connectivity index (χ0) is 21.7. The van der Waals surface area contributed by atoms with Gasteiger partial charge in [0, 0.05) is 17.7 Å². The number of carbonyl (C=O) groups excluding carboxylic acids is 2. The highest BCUT2D eigenvalue weighted by Gasteiger charge is 2.21. The van der Waals surface area contributed by atoms with Gasteiger partial charge in [-0.1, -0.05) is 0 Å². The number of halogens is 1. The molecule has 1 aromatic heterocycles. The van der Waals surface area contributed by atoms with E-state index in [1.807, 2.05) is 0 Å². The lowest BCUT2D eigenvalue weighted by atomic mass is 10.1. The Hall–Kier alpha value is -4.08. The molecule has 0 aliphatic heterocycles. The van der Waals surface area contributed by atoms with Crippen LogP contribution in [0.2, 0.25) is 0 Å². The van der Waals surface area contributed by atoms with Crippen LogP contribution in [0.4, 0.5) is 10.1 Å². The van der Waals surface area contributed by atoms with Gasteiger partial charge in [0.2, 0.25) is 5.69 Å². The predicted molar refractivity (Wildman–Crippen MR) is 102 cm³/mol. The molecule has 0 atom stereocenters. The zero-order valence-corrected chi connectivity index (χ0v) is 15.8. The van der Waals surface area contributed by atoms with Gasteiger partial charge in [0.25, 0.3) is 5.69 Å². The highest BCUT2D eigenvalue weighted by atomic mass is 19.1. The summed E-state index contributed by atoms with van der Waals surface area (Å²) in [4.78, 5) is 34.7. The number of carbonyl (C=O) groups is 2. The molecule has 9 nitrogen and oxygen atoms in total. The molecular formula is C20H16FN3O6. The molecule has 0 aliphatic rings. The maximum absolute atomic E-state index is 13.0. The van der Waals surface area contributed by atoms with E-state index >= 15 is 0 Å². The lowest BCUT2D eigenvalue weighted by molar-refractivity contribution is -0.384. The number of benzene rings is 2. The van der Waals surface area contributed by atoms with E-state index in [2.05, 4.69) is 5.10 Å². The third-order valence-corrected chi connectivity index (χ3v) is 4.00. The van der Waals surface area contributed by atoms with Crippen molar-refractivity contribution in [2.45, 2.75) is 6.92 Å². The lowest BCUT2D eigenvalue weighted by Gasteiger charge is -2.05. The van der Waals surface area contributed by atoms with E-state index in [4.69, 9.17) is 9.47 Å². The van der Waals surface area contributed by atoms with Crippen molar-refractivity contribution in [1.82, 2.24) is 9.78 Å². The second-order valence-corrected chi connectivity index (χ2v) is 6.00. The Balaban J connectivity index is 1.84. The number of nitrogens with zero attached hydrogens (tertiary/aromatic N) is 3. The molecule has 30 heavy (non-hydrogen) atoms. The maximum Gasteiger partial charge on any atom is 0.362 e. The quantitative estimate of drug-likeness (QED) is 0.241. The van der Waals surface area contributed by atoms with E-state index in [-0.39, 0.29) is 29.3 Å². The van der Waals surface area contributed by atoms with Gasteiger partial charge in [-0.15, -0.1) is 0 Å². The van der Waals surface area contributed by atoms with E-state index in [1.54, 1.807) is 6.92 Å². The van der Waals surface area contributed by atoms with Gasteiger partial charge in [-0.25, -0.2) is 13.9 Å². The van der Waals surface area contributed by atoms with Crippen molar-refractivity contribution >= 4 is 17.4 Å². The van der Waals surface area contributed by atoms with Crippen molar-refractivity contribution < 1.29 is 28.4 Å². The van der Waals surface area contributed by atoms with Gasteiger partial charge >= 0.3 is 5.97 Å². The summed E-state index contributed by atoms with van der Waals surface area (Å²) in [6, 6.07) is 10.5. The number of ketones is 1. The topological polar surface area (TPSA) is 114 Å². The van der Waals surface area contributed by atoms with Crippen LogP contribution < -0.4 is 4.74 Å². The number of Topliss-reactive ketones (excluding diaryl/α,β-unsaturated/α-hetero) is 1. The molecule has 0 aliphatic carbocycles. The summed E-state index contributed by atoms with van der Waals surface area (Å²) >= 11 is 0. The number of nitro benzene ring substituents is 1. The van der Waals surface area contributed by atoms with E-state index in [0.29, 0.717) is 5.69 Å². The Morgan fingerprint density at radius 3 is 2.40 bits per heavy atom. The molecule has 0 unspecified atom stereocenters. The molecule has 1 heterocycles. The van der Waals surface area contributed by atoms with Gasteiger partial charge in [0.1, 0.15) is 5.82 Å². The smallest absolute Gasteiger partial charge is 0.362 e. The number of esters is 1. The SMILES string of the molecule is CCOC(=O)c1nn(-c2ccc([N+](=O)[O-])cc2)cc1OCC(=O)c1ccc(F)cc1. The minimum atomic E-state index is -0.748. The molecule has 0 saturated heterocycles. The fourth-order valence-electron chi connectivity index (χ4n) is 2.53. The van der Waals surface area contributed by atoms with Gasteiger partial charge in [-0.2, -0.15) is 5.10 Å². The van der Waals surface area contributed by atoms with E-state index in [0.717, 1.165) is 12.1 Å². The number of aromatic nitrogens is 2. The first-order chi connectivity index (χ1) is 14.4. The molecule has 10 heteroatoms. The Kier molecular flexibility index (Phi) is 6.16. The Bertz CT molecular complexity index is 1080. The van der Waals surface area contributed by atoms with E-state index in [9.17, 15) is 24.1 Å². The van der Waals surface area contributed by atoms with Crippen LogP contribution in [-0.2, 0) is 4.74 Å². The Labute approximate surface area is 169 Å². The fraction of sp³-hybridized carbons (Fsp3) is 0.150. The highest BCUT2D eigenvalue weighted by molar-refractivity contribution is 5.97. The standard InChI is InChI=1S/C20H16FN3O6/c1-2-29-20(26)19-18(30-12-17(25)13-3-5-14(21)6-4-13)11-23(22-19)15-7-9-16(10-8-15)24(27)28/h3-11H,2,12H2,1H3. The highest BCUT2D eigenvalue weighted by Crippen LogP contribution is 2.22. The summed E-state index contributed by atoms with van der Waals surface area (Å²) in [7, 11) is 0. The summed E-state index contributed by atoms with van der Waals surface area (Å²) in [6.07, 6.45) is 1.37. The van der Waals surface area contributed by atoms with Crippen molar-refractivity contribution in [2.24, 2.45) is 0 Å². The van der Waals surface area contributed by atoms with Crippen LogP contribution in [-0.4, -0.2) is 39.7 Å². The van der Waals surface area contributed by atoms with Gasteiger partial charge in [0.05, 0.1) is 23.4 Å². The number of rotatable bonds is 8. The van der Waals surface area contributed by atoms with E-state index in [1.165, 1.54) is 47.3 Å². The number of ether oxygens (including phenoxy) is 2. The van der Waals surface area contributed by atoms with Gasteiger partial charge < -0.3 is 9.47 Å². The third kappa shape index (κ3) is 4.66. The van der Waals surface area contributed by atoms with Crippen LogP contribution in [0.25, 0.3) is 5.69 Å². The second-order valence-electron chi connectivity index (χ2n) is 6.00. The Morgan fingerprint density at radius 2 is 1.80 bits per heavy atom. The fourth-order valence-corrected chi connectivity index (χ4v) is 2.53. The Morgan fingerprint density at radius 1 is 1.13 bits per heavy atom. The molecule has 2 aromatic carbocycles. The van der Waals surface area contributed by atoms with Gasteiger partial charge in [0.15, 0.2) is 18.1 Å². The minimum absolute atomic E-state index is 0.00210. The van der Waals surface area contributed by atoms with Crippen LogP contribution in [0.15, 0.2) is 54.7 Å². The van der Waals surface area contributed by atoms with Crippen molar-refractivity contribution in [3.8, 4) is 11.4 Å². The van der Waals surface area contributed by atoms with Crippen LogP contribution in [0, 0.1) is 15.9 Å². The largest absolute Gasteiger partial charge is 0.481 e. The first kappa shape index (κ1) is 20.6. The normalized spacial score (nSPS) is 10.5. The molecule has 0 amide bonds. The lowest BCUT2D eigenvalue weighted by Crippen LogP contribution is -2.14. The van der Waals surface area contributed by atoms with E-state index < -0.39 is 29.1 Å². The zero-order valence-electron chi connectivity index (χ0n) is 15.8. The predicted octanol–water partition coefficient (Wildman–Crippen LogP) is 3.36. The number of non-ortho nitro benzene ring substituents is 1. The van der Waals surface area contributed by atoms with Crippen molar-refractivity contribution in [1.29, 1.82) is 0 Å².